The van der Waals surface area contributed by atoms with Crippen LogP contribution in [-0.2, 0) is 11.2 Å². The van der Waals surface area contributed by atoms with E-state index in [0.717, 1.165) is 16.7 Å². The van der Waals surface area contributed by atoms with Crippen LogP contribution in [0.15, 0.2) is 12.1 Å². The average Bonchev–Trinajstić information content (AvgIpc) is 2.56. The van der Waals surface area contributed by atoms with Crippen LogP contribution < -0.4 is 5.73 Å². The average molecular weight is 276 g/mol. The topological polar surface area (TPSA) is 76.2 Å². The molecule has 0 saturated carbocycles. The minimum Gasteiger partial charge on any atom is -0.481 e. The lowest BCUT2D eigenvalue weighted by molar-refractivity contribution is -0.136. The molecule has 0 radical (unpaired) electrons. The van der Waals surface area contributed by atoms with Crippen molar-refractivity contribution in [2.75, 3.05) is 5.73 Å². The predicted octanol–water partition coefficient (Wildman–Crippen LogP) is 2.94. The number of benzene rings is 1. The fourth-order valence-corrected chi connectivity index (χ4v) is 3.21. The summed E-state index contributed by atoms with van der Waals surface area (Å²) in [7, 11) is 0. The number of hydrogen-bond acceptors (Lipinski definition) is 4. The van der Waals surface area contributed by atoms with Crippen molar-refractivity contribution in [2.45, 2.75) is 27.2 Å². The number of carboxylic acid groups (broad SMARTS) is 1. The highest BCUT2D eigenvalue weighted by Gasteiger charge is 2.18. The molecule has 0 fully saturated rings. The van der Waals surface area contributed by atoms with Crippen LogP contribution in [0.3, 0.4) is 0 Å². The van der Waals surface area contributed by atoms with Crippen LogP contribution >= 0.6 is 11.3 Å². The summed E-state index contributed by atoms with van der Waals surface area (Å²) in [5, 5.41) is 9.38. The van der Waals surface area contributed by atoms with E-state index in [1.54, 1.807) is 0 Å². The number of anilines is 1. The first-order chi connectivity index (χ1) is 8.88. The van der Waals surface area contributed by atoms with Gasteiger partial charge in [-0.1, -0.05) is 17.7 Å². The van der Waals surface area contributed by atoms with Crippen molar-refractivity contribution < 1.29 is 9.90 Å². The summed E-state index contributed by atoms with van der Waals surface area (Å²) in [4.78, 5) is 16.0. The number of hydrogen-bond donors (Lipinski definition) is 2. The molecule has 0 bridgehead atoms. The quantitative estimate of drug-likeness (QED) is 0.903. The summed E-state index contributed by atoms with van der Waals surface area (Å²) in [6, 6.07) is 4.14. The number of nitrogen functional groups attached to an aromatic ring is 1. The molecule has 0 spiro atoms. The van der Waals surface area contributed by atoms with E-state index in [-0.39, 0.29) is 6.42 Å². The minimum atomic E-state index is -0.868. The largest absolute Gasteiger partial charge is 0.481 e. The number of aliphatic carboxylic acids is 1. The molecular formula is C14H16N2O2S. The number of carbonyl (C=O) groups is 1. The number of rotatable bonds is 3. The molecule has 19 heavy (non-hydrogen) atoms. The van der Waals surface area contributed by atoms with Crippen LogP contribution in [-0.4, -0.2) is 16.1 Å². The monoisotopic (exact) mass is 276 g/mol. The lowest BCUT2D eigenvalue weighted by Gasteiger charge is -2.10. The van der Waals surface area contributed by atoms with Crippen molar-refractivity contribution >= 4 is 22.4 Å². The molecule has 1 aromatic heterocycles. The van der Waals surface area contributed by atoms with Crippen LogP contribution in [0.4, 0.5) is 5.13 Å². The Hall–Kier alpha value is -1.88. The van der Waals surface area contributed by atoms with Crippen LogP contribution in [0.5, 0.6) is 0 Å². The van der Waals surface area contributed by atoms with Gasteiger partial charge in [0.2, 0.25) is 0 Å². The third-order valence-electron chi connectivity index (χ3n) is 2.94. The molecule has 0 aliphatic heterocycles. The van der Waals surface area contributed by atoms with Crippen molar-refractivity contribution in [1.29, 1.82) is 0 Å². The van der Waals surface area contributed by atoms with Crippen LogP contribution in [0.2, 0.25) is 0 Å². The first-order valence-corrected chi connectivity index (χ1v) is 6.75. The Morgan fingerprint density at radius 1 is 1.32 bits per heavy atom. The predicted molar refractivity (Wildman–Crippen MR) is 77.5 cm³/mol. The van der Waals surface area contributed by atoms with Gasteiger partial charge in [0.15, 0.2) is 5.13 Å². The zero-order chi connectivity index (χ0) is 14.2. The number of thiazole rings is 1. The van der Waals surface area contributed by atoms with E-state index in [4.69, 9.17) is 10.8 Å². The van der Waals surface area contributed by atoms with E-state index < -0.39 is 5.97 Å². The highest BCUT2D eigenvalue weighted by atomic mass is 32.1. The summed E-state index contributed by atoms with van der Waals surface area (Å²) in [5.41, 5.74) is 10.8. The van der Waals surface area contributed by atoms with Crippen molar-refractivity contribution in [2.24, 2.45) is 0 Å². The maximum atomic E-state index is 10.9. The molecule has 0 amide bonds. The summed E-state index contributed by atoms with van der Waals surface area (Å²) < 4.78 is 0. The molecule has 3 N–H and O–H groups in total. The smallest absolute Gasteiger partial charge is 0.308 e. The number of carboxylic acids is 1. The van der Waals surface area contributed by atoms with Gasteiger partial charge < -0.3 is 10.8 Å². The lowest BCUT2D eigenvalue weighted by Crippen LogP contribution is -2.01. The molecule has 0 unspecified atom stereocenters. The lowest BCUT2D eigenvalue weighted by atomic mass is 9.96. The number of nitrogens with zero attached hydrogens (tertiary/aromatic N) is 1. The zero-order valence-corrected chi connectivity index (χ0v) is 12.0. The molecule has 0 atom stereocenters. The molecule has 1 aromatic carbocycles. The van der Waals surface area contributed by atoms with Gasteiger partial charge in [-0.05, 0) is 31.9 Å². The van der Waals surface area contributed by atoms with Gasteiger partial charge in [-0.15, -0.1) is 11.3 Å². The standard InChI is InChI=1S/C14H16N2O2S/c1-7-4-8(2)12(9(3)5-7)13-10(6-11(17)18)19-14(15)16-13/h4-5H,6H2,1-3H3,(H2,15,16)(H,17,18). The van der Waals surface area contributed by atoms with Crippen molar-refractivity contribution in [3.8, 4) is 11.3 Å². The van der Waals surface area contributed by atoms with Crippen LogP contribution in [0.25, 0.3) is 11.3 Å². The maximum Gasteiger partial charge on any atom is 0.308 e. The molecule has 4 nitrogen and oxygen atoms in total. The first-order valence-electron chi connectivity index (χ1n) is 5.93. The van der Waals surface area contributed by atoms with E-state index in [1.165, 1.54) is 16.9 Å². The number of nitrogens with two attached hydrogens (primary N) is 1. The van der Waals surface area contributed by atoms with Gasteiger partial charge >= 0.3 is 5.97 Å². The molecular weight excluding hydrogens is 260 g/mol. The highest BCUT2D eigenvalue weighted by Crippen LogP contribution is 2.34. The van der Waals surface area contributed by atoms with Crippen LogP contribution in [0, 0.1) is 20.8 Å². The molecule has 2 rings (SSSR count). The van der Waals surface area contributed by atoms with Crippen molar-refractivity contribution in [1.82, 2.24) is 4.98 Å². The summed E-state index contributed by atoms with van der Waals surface area (Å²) >= 11 is 1.24. The van der Waals surface area contributed by atoms with Crippen molar-refractivity contribution in [3.05, 3.63) is 33.7 Å². The molecule has 2 aromatic rings. The van der Waals surface area contributed by atoms with E-state index in [0.29, 0.717) is 15.7 Å². The second-order valence-electron chi connectivity index (χ2n) is 4.67. The number of aryl methyl sites for hydroxylation is 3. The molecule has 0 aliphatic carbocycles. The Kier molecular flexibility index (Phi) is 3.57. The Morgan fingerprint density at radius 3 is 2.42 bits per heavy atom. The molecule has 0 saturated heterocycles. The highest BCUT2D eigenvalue weighted by molar-refractivity contribution is 7.15. The van der Waals surface area contributed by atoms with Gasteiger partial charge in [0.1, 0.15) is 0 Å². The van der Waals surface area contributed by atoms with E-state index in [1.807, 2.05) is 20.8 Å². The van der Waals surface area contributed by atoms with E-state index in [9.17, 15) is 4.79 Å². The SMILES string of the molecule is Cc1cc(C)c(-c2nc(N)sc2CC(=O)O)c(C)c1. The van der Waals surface area contributed by atoms with Crippen LogP contribution in [0.1, 0.15) is 21.6 Å². The van der Waals surface area contributed by atoms with Gasteiger partial charge in [-0.2, -0.15) is 0 Å². The Bertz CT molecular complexity index is 624. The summed E-state index contributed by atoms with van der Waals surface area (Å²) in [5.74, 6) is -0.868. The first kappa shape index (κ1) is 13.5. The van der Waals surface area contributed by atoms with Gasteiger partial charge in [-0.3, -0.25) is 4.79 Å². The van der Waals surface area contributed by atoms with Gasteiger partial charge in [0, 0.05) is 10.4 Å². The Labute approximate surface area is 115 Å². The molecule has 100 valence electrons. The molecule has 1 heterocycles. The Balaban J connectivity index is 2.62. The van der Waals surface area contributed by atoms with Crippen molar-refractivity contribution in [3.63, 3.8) is 0 Å². The normalized spacial score (nSPS) is 10.7. The summed E-state index contributed by atoms with van der Waals surface area (Å²) in [6.07, 6.45) is -0.0447. The van der Waals surface area contributed by atoms with Gasteiger partial charge in [0.25, 0.3) is 0 Å². The van der Waals surface area contributed by atoms with E-state index in [2.05, 4.69) is 17.1 Å². The third-order valence-corrected chi connectivity index (χ3v) is 3.82. The Morgan fingerprint density at radius 2 is 1.89 bits per heavy atom. The van der Waals surface area contributed by atoms with E-state index >= 15 is 0 Å². The fraction of sp³-hybridized carbons (Fsp3) is 0.286. The minimum absolute atomic E-state index is 0.0447. The second-order valence-corrected chi connectivity index (χ2v) is 5.78. The number of aromatic nitrogens is 1. The maximum absolute atomic E-state index is 10.9. The second kappa shape index (κ2) is 5.01. The third kappa shape index (κ3) is 2.76. The molecule has 5 heteroatoms. The van der Waals surface area contributed by atoms with Gasteiger partial charge in [-0.25, -0.2) is 4.98 Å². The zero-order valence-electron chi connectivity index (χ0n) is 11.2. The molecule has 0 aliphatic rings. The van der Waals surface area contributed by atoms with Gasteiger partial charge in [0.05, 0.1) is 12.1 Å². The fourth-order valence-electron chi connectivity index (χ4n) is 2.38. The summed E-state index contributed by atoms with van der Waals surface area (Å²) in [6.45, 7) is 6.06.